The molecular formula is C15H21Br. The van der Waals surface area contributed by atoms with Crippen LogP contribution in [0.3, 0.4) is 0 Å². The van der Waals surface area contributed by atoms with E-state index in [9.17, 15) is 0 Å². The standard InChI is InChI=1S/C15H21Br/c1-2-3-4-5-6-7-8-11-14-12-9-10-13-15(14)16/h8-13H,2-7H2,1H3. The molecule has 0 N–H and O–H groups in total. The second kappa shape index (κ2) is 8.58. The molecule has 1 heteroatoms. The predicted octanol–water partition coefficient (Wildman–Crippen LogP) is 5.82. The number of benzene rings is 1. The maximum Gasteiger partial charge on any atom is 0.0247 e. The summed E-state index contributed by atoms with van der Waals surface area (Å²) in [6, 6.07) is 8.34. The van der Waals surface area contributed by atoms with Crippen molar-refractivity contribution in [2.45, 2.75) is 45.4 Å². The monoisotopic (exact) mass is 280 g/mol. The van der Waals surface area contributed by atoms with Gasteiger partial charge in [-0.3, -0.25) is 0 Å². The van der Waals surface area contributed by atoms with Crippen LogP contribution in [0.1, 0.15) is 51.0 Å². The Bertz CT molecular complexity index is 315. The molecule has 0 aliphatic heterocycles. The molecule has 0 aliphatic rings. The molecule has 0 spiro atoms. The minimum atomic E-state index is 1.18. The van der Waals surface area contributed by atoms with Crippen LogP contribution in [-0.4, -0.2) is 0 Å². The van der Waals surface area contributed by atoms with Crippen molar-refractivity contribution in [3.05, 3.63) is 40.4 Å². The molecule has 0 unspecified atom stereocenters. The second-order valence-electron chi connectivity index (χ2n) is 4.13. The molecular weight excluding hydrogens is 260 g/mol. The lowest BCUT2D eigenvalue weighted by molar-refractivity contribution is 0.638. The van der Waals surface area contributed by atoms with Crippen LogP contribution in [0.2, 0.25) is 0 Å². The van der Waals surface area contributed by atoms with Crippen LogP contribution in [0.5, 0.6) is 0 Å². The number of halogens is 1. The Hall–Kier alpha value is -0.560. The van der Waals surface area contributed by atoms with Gasteiger partial charge in [-0.2, -0.15) is 0 Å². The van der Waals surface area contributed by atoms with Crippen molar-refractivity contribution in [2.24, 2.45) is 0 Å². The van der Waals surface area contributed by atoms with Crippen LogP contribution in [0.15, 0.2) is 34.8 Å². The molecule has 0 aliphatic carbocycles. The van der Waals surface area contributed by atoms with Crippen molar-refractivity contribution in [2.75, 3.05) is 0 Å². The summed E-state index contributed by atoms with van der Waals surface area (Å²) < 4.78 is 1.18. The molecule has 0 heterocycles. The Labute approximate surface area is 108 Å². The minimum Gasteiger partial charge on any atom is -0.0839 e. The van der Waals surface area contributed by atoms with Gasteiger partial charge in [0.2, 0.25) is 0 Å². The first-order valence-corrected chi connectivity index (χ1v) is 7.05. The molecule has 0 nitrogen and oxygen atoms in total. The van der Waals surface area contributed by atoms with E-state index in [0.717, 1.165) is 0 Å². The number of hydrogen-bond donors (Lipinski definition) is 0. The first-order valence-electron chi connectivity index (χ1n) is 6.25. The summed E-state index contributed by atoms with van der Waals surface area (Å²) in [4.78, 5) is 0. The van der Waals surface area contributed by atoms with E-state index in [2.05, 4.69) is 53.2 Å². The van der Waals surface area contributed by atoms with Gasteiger partial charge in [0.25, 0.3) is 0 Å². The second-order valence-corrected chi connectivity index (χ2v) is 4.98. The molecule has 1 aromatic rings. The van der Waals surface area contributed by atoms with E-state index in [4.69, 9.17) is 0 Å². The van der Waals surface area contributed by atoms with Crippen molar-refractivity contribution >= 4 is 22.0 Å². The Kier molecular flexibility index (Phi) is 7.24. The molecule has 0 amide bonds. The molecule has 0 atom stereocenters. The van der Waals surface area contributed by atoms with Crippen molar-refractivity contribution < 1.29 is 0 Å². The first-order chi connectivity index (χ1) is 7.84. The predicted molar refractivity (Wildman–Crippen MR) is 76.6 cm³/mol. The normalized spacial score (nSPS) is 11.1. The van der Waals surface area contributed by atoms with Gasteiger partial charge in [-0.15, -0.1) is 0 Å². The topological polar surface area (TPSA) is 0 Å². The van der Waals surface area contributed by atoms with Gasteiger partial charge in [-0.1, -0.05) is 78.9 Å². The minimum absolute atomic E-state index is 1.18. The fourth-order valence-electron chi connectivity index (χ4n) is 1.69. The Morgan fingerprint density at radius 2 is 1.81 bits per heavy atom. The van der Waals surface area contributed by atoms with Gasteiger partial charge in [0.1, 0.15) is 0 Å². The third kappa shape index (κ3) is 5.50. The SMILES string of the molecule is CCCCCCCC=Cc1ccccc1Br. The lowest BCUT2D eigenvalue weighted by Gasteiger charge is -1.98. The maximum atomic E-state index is 3.55. The van der Waals surface area contributed by atoms with Crippen molar-refractivity contribution in [3.63, 3.8) is 0 Å². The highest BCUT2D eigenvalue weighted by molar-refractivity contribution is 9.10. The van der Waals surface area contributed by atoms with Gasteiger partial charge in [0, 0.05) is 4.47 Å². The van der Waals surface area contributed by atoms with Gasteiger partial charge in [0.15, 0.2) is 0 Å². The molecule has 0 radical (unpaired) electrons. The largest absolute Gasteiger partial charge is 0.0839 e. The molecule has 0 saturated heterocycles. The molecule has 0 fully saturated rings. The average Bonchev–Trinajstić information content (AvgIpc) is 2.30. The summed E-state index contributed by atoms with van der Waals surface area (Å²) in [5, 5.41) is 0. The van der Waals surface area contributed by atoms with Crippen LogP contribution in [-0.2, 0) is 0 Å². The van der Waals surface area contributed by atoms with E-state index in [1.807, 2.05) is 6.07 Å². The van der Waals surface area contributed by atoms with E-state index in [-0.39, 0.29) is 0 Å². The van der Waals surface area contributed by atoms with Crippen LogP contribution in [0.25, 0.3) is 6.08 Å². The highest BCUT2D eigenvalue weighted by atomic mass is 79.9. The van der Waals surface area contributed by atoms with E-state index in [1.165, 1.54) is 48.6 Å². The van der Waals surface area contributed by atoms with Crippen molar-refractivity contribution in [1.29, 1.82) is 0 Å². The van der Waals surface area contributed by atoms with Crippen LogP contribution >= 0.6 is 15.9 Å². The molecule has 0 saturated carbocycles. The lowest BCUT2D eigenvalue weighted by Crippen LogP contribution is -1.77. The summed E-state index contributed by atoms with van der Waals surface area (Å²) >= 11 is 3.55. The van der Waals surface area contributed by atoms with Gasteiger partial charge in [-0.25, -0.2) is 0 Å². The number of hydrogen-bond acceptors (Lipinski definition) is 0. The van der Waals surface area contributed by atoms with Crippen molar-refractivity contribution in [1.82, 2.24) is 0 Å². The molecule has 1 rings (SSSR count). The summed E-state index contributed by atoms with van der Waals surface area (Å²) in [5.74, 6) is 0. The molecule has 16 heavy (non-hydrogen) atoms. The quantitative estimate of drug-likeness (QED) is 0.552. The third-order valence-electron chi connectivity index (χ3n) is 2.68. The zero-order chi connectivity index (χ0) is 11.6. The summed E-state index contributed by atoms with van der Waals surface area (Å²) in [6.45, 7) is 2.26. The molecule has 0 aromatic heterocycles. The van der Waals surface area contributed by atoms with Gasteiger partial charge in [-0.05, 0) is 24.5 Å². The van der Waals surface area contributed by atoms with Crippen LogP contribution in [0, 0.1) is 0 Å². The smallest absolute Gasteiger partial charge is 0.0247 e. The summed E-state index contributed by atoms with van der Waals surface area (Å²) in [7, 11) is 0. The first kappa shape index (κ1) is 13.5. The Morgan fingerprint density at radius 1 is 1.06 bits per heavy atom. The highest BCUT2D eigenvalue weighted by Crippen LogP contribution is 2.17. The van der Waals surface area contributed by atoms with E-state index in [0.29, 0.717) is 0 Å². The fourth-order valence-corrected chi connectivity index (χ4v) is 2.10. The van der Waals surface area contributed by atoms with Crippen molar-refractivity contribution in [3.8, 4) is 0 Å². The zero-order valence-corrected chi connectivity index (χ0v) is 11.7. The van der Waals surface area contributed by atoms with E-state index < -0.39 is 0 Å². The average molecular weight is 281 g/mol. The number of unbranched alkanes of at least 4 members (excludes halogenated alkanes) is 5. The Morgan fingerprint density at radius 3 is 2.56 bits per heavy atom. The molecule has 88 valence electrons. The maximum absolute atomic E-state index is 3.55. The highest BCUT2D eigenvalue weighted by Gasteiger charge is 1.92. The summed E-state index contributed by atoms with van der Waals surface area (Å²) in [6.07, 6.45) is 12.5. The fraction of sp³-hybridized carbons (Fsp3) is 0.467. The van der Waals surface area contributed by atoms with Gasteiger partial charge in [0.05, 0.1) is 0 Å². The summed E-state index contributed by atoms with van der Waals surface area (Å²) in [5.41, 5.74) is 1.27. The van der Waals surface area contributed by atoms with Gasteiger partial charge < -0.3 is 0 Å². The van der Waals surface area contributed by atoms with Crippen LogP contribution in [0.4, 0.5) is 0 Å². The lowest BCUT2D eigenvalue weighted by atomic mass is 10.1. The zero-order valence-electron chi connectivity index (χ0n) is 10.1. The number of allylic oxidation sites excluding steroid dienone is 1. The van der Waals surface area contributed by atoms with E-state index >= 15 is 0 Å². The third-order valence-corrected chi connectivity index (χ3v) is 3.40. The van der Waals surface area contributed by atoms with Crippen LogP contribution < -0.4 is 0 Å². The van der Waals surface area contributed by atoms with Gasteiger partial charge >= 0.3 is 0 Å². The molecule has 0 bridgehead atoms. The molecule has 1 aromatic carbocycles. The van der Waals surface area contributed by atoms with E-state index in [1.54, 1.807) is 0 Å². The Balaban J connectivity index is 2.20. The number of rotatable bonds is 7.